The molecule has 0 saturated carbocycles. The molecule has 1 amide bonds. The number of para-hydroxylation sites is 1. The standard InChI is InChI=1S/C15H18ClN3O4/c1-8(18-15(22)23)11-5-9-3-2-4-12(16)13(9)19-14(11)17-6-10(21)7-20/h2-5,8,10,18,20-21H,6-7H2,1H3,(H,17,19)(H,22,23)/t8-,10+/m0/s1. The average molecular weight is 340 g/mol. The lowest BCUT2D eigenvalue weighted by molar-refractivity contribution is 0.105. The molecule has 124 valence electrons. The van der Waals surface area contributed by atoms with E-state index in [1.807, 2.05) is 6.07 Å². The summed E-state index contributed by atoms with van der Waals surface area (Å²) in [5.41, 5.74) is 1.19. The van der Waals surface area contributed by atoms with Gasteiger partial charge in [-0.05, 0) is 19.1 Å². The van der Waals surface area contributed by atoms with Crippen molar-refractivity contribution in [2.75, 3.05) is 18.5 Å². The topological polar surface area (TPSA) is 115 Å². The minimum Gasteiger partial charge on any atom is -0.465 e. The fraction of sp³-hybridized carbons (Fsp3) is 0.333. The Labute approximate surface area is 137 Å². The van der Waals surface area contributed by atoms with Crippen LogP contribution < -0.4 is 10.6 Å². The molecule has 1 aromatic heterocycles. The first-order valence-electron chi connectivity index (χ1n) is 7.03. The summed E-state index contributed by atoms with van der Waals surface area (Å²) in [5, 5.41) is 33.8. The van der Waals surface area contributed by atoms with Gasteiger partial charge in [0.05, 0.1) is 29.3 Å². The molecule has 7 nitrogen and oxygen atoms in total. The summed E-state index contributed by atoms with van der Waals surface area (Å²) in [4.78, 5) is 15.3. The lowest BCUT2D eigenvalue weighted by atomic mass is 10.1. The van der Waals surface area contributed by atoms with E-state index in [1.54, 1.807) is 25.1 Å². The van der Waals surface area contributed by atoms with E-state index in [4.69, 9.17) is 21.8 Å². The van der Waals surface area contributed by atoms with E-state index in [-0.39, 0.29) is 13.2 Å². The minimum absolute atomic E-state index is 0.0756. The van der Waals surface area contributed by atoms with Crippen LogP contribution in [0.5, 0.6) is 0 Å². The van der Waals surface area contributed by atoms with Crippen LogP contribution in [-0.4, -0.2) is 45.7 Å². The molecule has 0 aliphatic heterocycles. The number of fused-ring (bicyclic) bond motifs is 1. The highest BCUT2D eigenvalue weighted by Gasteiger charge is 2.17. The molecule has 2 rings (SSSR count). The summed E-state index contributed by atoms with van der Waals surface area (Å²) >= 11 is 6.15. The second-order valence-corrected chi connectivity index (χ2v) is 5.53. The predicted molar refractivity (Wildman–Crippen MR) is 87.9 cm³/mol. The molecule has 0 spiro atoms. The van der Waals surface area contributed by atoms with Crippen molar-refractivity contribution in [3.05, 3.63) is 34.9 Å². The highest BCUT2D eigenvalue weighted by Crippen LogP contribution is 2.29. The van der Waals surface area contributed by atoms with Crippen LogP contribution in [0.1, 0.15) is 18.5 Å². The van der Waals surface area contributed by atoms with Gasteiger partial charge in [0.1, 0.15) is 5.82 Å². The molecule has 0 radical (unpaired) electrons. The first-order chi connectivity index (χ1) is 10.9. The van der Waals surface area contributed by atoms with Crippen LogP contribution in [0.3, 0.4) is 0 Å². The molecule has 1 heterocycles. The maximum Gasteiger partial charge on any atom is 0.405 e. The summed E-state index contributed by atoms with van der Waals surface area (Å²) in [6, 6.07) is 6.60. The van der Waals surface area contributed by atoms with Gasteiger partial charge in [0.2, 0.25) is 0 Å². The van der Waals surface area contributed by atoms with Crippen LogP contribution >= 0.6 is 11.6 Å². The first-order valence-corrected chi connectivity index (χ1v) is 7.41. The number of nitrogens with one attached hydrogen (secondary N) is 2. The predicted octanol–water partition coefficient (Wildman–Crippen LogP) is 1.98. The summed E-state index contributed by atoms with van der Waals surface area (Å²) in [6.45, 7) is 1.38. The number of rotatable bonds is 6. The molecule has 2 atom stereocenters. The molecule has 0 aliphatic rings. The molecule has 0 bridgehead atoms. The number of benzene rings is 1. The van der Waals surface area contributed by atoms with Crippen molar-refractivity contribution in [3.63, 3.8) is 0 Å². The Hall–Kier alpha value is -2.09. The number of aliphatic hydroxyl groups excluding tert-OH is 2. The highest BCUT2D eigenvalue weighted by atomic mass is 35.5. The number of halogens is 1. The molecule has 0 fully saturated rings. The van der Waals surface area contributed by atoms with Gasteiger partial charge < -0.3 is 26.0 Å². The Kier molecular flexibility index (Phi) is 5.59. The summed E-state index contributed by atoms with van der Waals surface area (Å²) in [5.74, 6) is 0.402. The van der Waals surface area contributed by atoms with E-state index in [9.17, 15) is 9.90 Å². The third kappa shape index (κ3) is 4.22. The van der Waals surface area contributed by atoms with Crippen LogP contribution in [-0.2, 0) is 0 Å². The number of carboxylic acid groups (broad SMARTS) is 1. The third-order valence-corrected chi connectivity index (χ3v) is 3.65. The quantitative estimate of drug-likeness (QED) is 0.550. The second-order valence-electron chi connectivity index (χ2n) is 5.13. The van der Waals surface area contributed by atoms with Gasteiger partial charge >= 0.3 is 6.09 Å². The maximum atomic E-state index is 10.9. The molecule has 8 heteroatoms. The monoisotopic (exact) mass is 339 g/mol. The number of aromatic nitrogens is 1. The number of hydrogen-bond acceptors (Lipinski definition) is 5. The van der Waals surface area contributed by atoms with Crippen LogP contribution in [0.25, 0.3) is 10.9 Å². The van der Waals surface area contributed by atoms with E-state index in [0.717, 1.165) is 5.39 Å². The lowest BCUT2D eigenvalue weighted by Crippen LogP contribution is -2.27. The molecular formula is C15H18ClN3O4. The third-order valence-electron chi connectivity index (χ3n) is 3.35. The number of aliphatic hydroxyl groups is 2. The Bertz CT molecular complexity index is 710. The Morgan fingerprint density at radius 2 is 2.17 bits per heavy atom. The second kappa shape index (κ2) is 7.45. The normalized spacial score (nSPS) is 13.6. The van der Waals surface area contributed by atoms with Gasteiger partial charge in [-0.3, -0.25) is 0 Å². The number of pyridine rings is 1. The van der Waals surface area contributed by atoms with Gasteiger partial charge in [-0.15, -0.1) is 0 Å². The largest absolute Gasteiger partial charge is 0.465 e. The lowest BCUT2D eigenvalue weighted by Gasteiger charge is -2.19. The van der Waals surface area contributed by atoms with E-state index in [2.05, 4.69) is 15.6 Å². The van der Waals surface area contributed by atoms with Crippen molar-refractivity contribution >= 4 is 34.4 Å². The Morgan fingerprint density at radius 1 is 1.43 bits per heavy atom. The number of amides is 1. The van der Waals surface area contributed by atoms with Crippen LogP contribution in [0.15, 0.2) is 24.3 Å². The van der Waals surface area contributed by atoms with Crippen molar-refractivity contribution in [3.8, 4) is 0 Å². The highest BCUT2D eigenvalue weighted by molar-refractivity contribution is 6.35. The Balaban J connectivity index is 2.45. The molecule has 5 N–H and O–H groups in total. The minimum atomic E-state index is -1.15. The van der Waals surface area contributed by atoms with Gasteiger partial charge in [-0.25, -0.2) is 9.78 Å². The fourth-order valence-corrected chi connectivity index (χ4v) is 2.42. The van der Waals surface area contributed by atoms with Crippen molar-refractivity contribution in [1.29, 1.82) is 0 Å². The van der Waals surface area contributed by atoms with Crippen molar-refractivity contribution in [1.82, 2.24) is 10.3 Å². The molecule has 23 heavy (non-hydrogen) atoms. The summed E-state index contributed by atoms with van der Waals surface area (Å²) in [7, 11) is 0. The molecule has 2 aromatic rings. The van der Waals surface area contributed by atoms with Gasteiger partial charge in [-0.2, -0.15) is 0 Å². The maximum absolute atomic E-state index is 10.9. The number of anilines is 1. The average Bonchev–Trinajstić information content (AvgIpc) is 2.51. The molecule has 0 unspecified atom stereocenters. The first kappa shape index (κ1) is 17.3. The molecule has 0 aliphatic carbocycles. The van der Waals surface area contributed by atoms with E-state index >= 15 is 0 Å². The van der Waals surface area contributed by atoms with Crippen LogP contribution in [0.2, 0.25) is 5.02 Å². The number of nitrogens with zero attached hydrogens (tertiary/aromatic N) is 1. The number of hydrogen-bond donors (Lipinski definition) is 5. The van der Waals surface area contributed by atoms with Crippen LogP contribution in [0, 0.1) is 0 Å². The van der Waals surface area contributed by atoms with Crippen molar-refractivity contribution in [2.45, 2.75) is 19.1 Å². The van der Waals surface area contributed by atoms with Crippen molar-refractivity contribution in [2.24, 2.45) is 0 Å². The van der Waals surface area contributed by atoms with Gasteiger partial charge in [0.25, 0.3) is 0 Å². The zero-order chi connectivity index (χ0) is 17.0. The fourth-order valence-electron chi connectivity index (χ4n) is 2.19. The Morgan fingerprint density at radius 3 is 2.83 bits per heavy atom. The van der Waals surface area contributed by atoms with E-state index in [1.165, 1.54) is 0 Å². The van der Waals surface area contributed by atoms with E-state index in [0.29, 0.717) is 21.9 Å². The van der Waals surface area contributed by atoms with Gasteiger partial charge in [0, 0.05) is 17.5 Å². The molecule has 1 aromatic carbocycles. The van der Waals surface area contributed by atoms with E-state index < -0.39 is 18.2 Å². The zero-order valence-electron chi connectivity index (χ0n) is 12.5. The smallest absolute Gasteiger partial charge is 0.405 e. The zero-order valence-corrected chi connectivity index (χ0v) is 13.2. The summed E-state index contributed by atoms with van der Waals surface area (Å²) < 4.78 is 0. The molecular weight excluding hydrogens is 322 g/mol. The summed E-state index contributed by atoms with van der Waals surface area (Å²) in [6.07, 6.45) is -2.10. The molecule has 0 saturated heterocycles. The number of carbonyl (C=O) groups is 1. The van der Waals surface area contributed by atoms with Gasteiger partial charge in [-0.1, -0.05) is 23.7 Å². The van der Waals surface area contributed by atoms with Crippen LogP contribution in [0.4, 0.5) is 10.6 Å². The van der Waals surface area contributed by atoms with Gasteiger partial charge in [0.15, 0.2) is 0 Å². The van der Waals surface area contributed by atoms with Crippen molar-refractivity contribution < 1.29 is 20.1 Å². The SMILES string of the molecule is C[C@H](NC(=O)O)c1cc2cccc(Cl)c2nc1NC[C@@H](O)CO.